The predicted octanol–water partition coefficient (Wildman–Crippen LogP) is 2.77. The zero-order chi connectivity index (χ0) is 6.57. The van der Waals surface area contributed by atoms with Gasteiger partial charge >= 0.3 is 0 Å². The molecule has 0 aromatic heterocycles. The second kappa shape index (κ2) is 3.48. The molecule has 0 heterocycles. The number of hydrogen-bond donors (Lipinski definition) is 0. The van der Waals surface area contributed by atoms with Crippen LogP contribution >= 0.6 is 0 Å². The van der Waals surface area contributed by atoms with Gasteiger partial charge in [-0.3, -0.25) is 0 Å². The minimum atomic E-state index is 0.623. The van der Waals surface area contributed by atoms with Crippen molar-refractivity contribution in [1.82, 2.24) is 0 Å². The average molecular weight is 110 g/mol. The van der Waals surface area contributed by atoms with Gasteiger partial charge in [-0.15, -0.1) is 0 Å². The van der Waals surface area contributed by atoms with Crippen LogP contribution in [0.4, 0.5) is 0 Å². The first-order chi connectivity index (χ1) is 3.72. The van der Waals surface area contributed by atoms with Crippen molar-refractivity contribution in [3.8, 4) is 0 Å². The minimum Gasteiger partial charge on any atom is -0.0988 e. The van der Waals surface area contributed by atoms with E-state index in [0.717, 1.165) is 0 Å². The van der Waals surface area contributed by atoms with E-state index < -0.39 is 0 Å². The fourth-order valence-corrected chi connectivity index (χ4v) is 0.687. The van der Waals surface area contributed by atoms with Gasteiger partial charge in [-0.25, -0.2) is 0 Å². The van der Waals surface area contributed by atoms with Crippen LogP contribution in [0.1, 0.15) is 20.8 Å². The topological polar surface area (TPSA) is 0 Å². The van der Waals surface area contributed by atoms with Crippen LogP contribution in [0.2, 0.25) is 0 Å². The first-order valence-corrected chi connectivity index (χ1v) is 3.01. The van der Waals surface area contributed by atoms with E-state index in [1.807, 2.05) is 13.0 Å². The second-order valence-electron chi connectivity index (χ2n) is 2.15. The zero-order valence-electron chi connectivity index (χ0n) is 5.94. The highest BCUT2D eigenvalue weighted by Crippen LogP contribution is 2.08. The lowest BCUT2D eigenvalue weighted by Crippen LogP contribution is -1.87. The molecule has 0 aromatic carbocycles. The molecule has 0 bridgehead atoms. The maximum Gasteiger partial charge on any atom is -0.0222 e. The molecule has 0 unspecified atom stereocenters. The zero-order valence-corrected chi connectivity index (χ0v) is 5.94. The van der Waals surface area contributed by atoms with E-state index >= 15 is 0 Å². The molecule has 0 saturated heterocycles. The van der Waals surface area contributed by atoms with Crippen LogP contribution in [0.3, 0.4) is 0 Å². The summed E-state index contributed by atoms with van der Waals surface area (Å²) < 4.78 is 0. The van der Waals surface area contributed by atoms with E-state index in [0.29, 0.717) is 5.92 Å². The fourth-order valence-electron chi connectivity index (χ4n) is 0.687. The van der Waals surface area contributed by atoms with Crippen molar-refractivity contribution in [2.75, 3.05) is 0 Å². The largest absolute Gasteiger partial charge is 0.0988 e. The Morgan fingerprint density at radius 3 is 2.00 bits per heavy atom. The Balaban J connectivity index is 3.91. The Morgan fingerprint density at radius 2 is 2.00 bits per heavy atom. The maximum absolute atomic E-state index is 3.68. The van der Waals surface area contributed by atoms with Crippen LogP contribution in [0.5, 0.6) is 0 Å². The lowest BCUT2D eigenvalue weighted by molar-refractivity contribution is 0.790. The van der Waals surface area contributed by atoms with Crippen LogP contribution in [-0.4, -0.2) is 0 Å². The molecule has 0 saturated carbocycles. The molecule has 0 aliphatic heterocycles. The average Bonchev–Trinajstić information content (AvgIpc) is 1.69. The molecule has 0 aromatic rings. The van der Waals surface area contributed by atoms with Crippen molar-refractivity contribution >= 4 is 0 Å². The summed E-state index contributed by atoms with van der Waals surface area (Å²) in [6, 6.07) is 0. The lowest BCUT2D eigenvalue weighted by atomic mass is 10.0. The summed E-state index contributed by atoms with van der Waals surface area (Å²) in [5, 5.41) is 0. The van der Waals surface area contributed by atoms with E-state index in [9.17, 15) is 0 Å². The van der Waals surface area contributed by atoms with Gasteiger partial charge in [0.15, 0.2) is 0 Å². The van der Waals surface area contributed by atoms with Crippen molar-refractivity contribution in [3.05, 3.63) is 24.3 Å². The van der Waals surface area contributed by atoms with E-state index in [1.165, 1.54) is 5.57 Å². The number of allylic oxidation sites excluding steroid dienone is 3. The molecule has 8 heavy (non-hydrogen) atoms. The van der Waals surface area contributed by atoms with Crippen LogP contribution in [0.15, 0.2) is 24.3 Å². The Labute approximate surface area is 51.9 Å². The number of hydrogen-bond acceptors (Lipinski definition) is 0. The van der Waals surface area contributed by atoms with E-state index in [1.54, 1.807) is 0 Å². The lowest BCUT2D eigenvalue weighted by Gasteiger charge is -2.02. The van der Waals surface area contributed by atoms with Gasteiger partial charge in [0.1, 0.15) is 0 Å². The highest BCUT2D eigenvalue weighted by Gasteiger charge is 1.93. The molecule has 0 fully saturated rings. The molecule has 0 heteroatoms. The summed E-state index contributed by atoms with van der Waals surface area (Å²) in [7, 11) is 0. The molecule has 0 radical (unpaired) electrons. The highest BCUT2D eigenvalue weighted by atomic mass is 14.0. The molecule has 0 rings (SSSR count). The molecular formula is C8H14. The molecule has 0 amide bonds. The summed E-state index contributed by atoms with van der Waals surface area (Å²) in [6.45, 7) is 10.1. The first kappa shape index (κ1) is 7.48. The molecule has 0 aliphatic rings. The second-order valence-corrected chi connectivity index (χ2v) is 2.15. The van der Waals surface area contributed by atoms with Crippen molar-refractivity contribution < 1.29 is 0 Å². The molecule has 0 spiro atoms. The molecular weight excluding hydrogens is 96.1 g/mol. The van der Waals surface area contributed by atoms with Gasteiger partial charge in [-0.1, -0.05) is 38.2 Å². The van der Waals surface area contributed by atoms with Crippen molar-refractivity contribution in [2.45, 2.75) is 20.8 Å². The van der Waals surface area contributed by atoms with Gasteiger partial charge < -0.3 is 0 Å². The SMILES string of the molecule is C=C/C(=C\C)C(C)C. The van der Waals surface area contributed by atoms with Gasteiger partial charge in [0.25, 0.3) is 0 Å². The van der Waals surface area contributed by atoms with Crippen molar-refractivity contribution in [3.63, 3.8) is 0 Å². The third-order valence-corrected chi connectivity index (χ3v) is 1.24. The fraction of sp³-hybridized carbons (Fsp3) is 0.500. The Bertz CT molecular complexity index is 96.6. The highest BCUT2D eigenvalue weighted by molar-refractivity contribution is 5.16. The summed E-state index contributed by atoms with van der Waals surface area (Å²) in [5.41, 5.74) is 1.32. The van der Waals surface area contributed by atoms with Crippen LogP contribution in [0.25, 0.3) is 0 Å². The molecule has 0 aliphatic carbocycles. The Hall–Kier alpha value is -0.520. The quantitative estimate of drug-likeness (QED) is 0.479. The summed E-state index contributed by atoms with van der Waals surface area (Å²) in [6.07, 6.45) is 4.00. The normalized spacial score (nSPS) is 12.2. The van der Waals surface area contributed by atoms with Gasteiger partial charge in [0, 0.05) is 0 Å². The molecule has 46 valence electrons. The smallest absolute Gasteiger partial charge is 0.0222 e. The van der Waals surface area contributed by atoms with E-state index in [2.05, 4.69) is 26.5 Å². The summed E-state index contributed by atoms with van der Waals surface area (Å²) in [5.74, 6) is 0.623. The monoisotopic (exact) mass is 110 g/mol. The number of rotatable bonds is 2. The van der Waals surface area contributed by atoms with E-state index in [-0.39, 0.29) is 0 Å². The van der Waals surface area contributed by atoms with Gasteiger partial charge in [0.2, 0.25) is 0 Å². The van der Waals surface area contributed by atoms with Crippen LogP contribution in [0, 0.1) is 5.92 Å². The summed E-state index contributed by atoms with van der Waals surface area (Å²) in [4.78, 5) is 0. The minimum absolute atomic E-state index is 0.623. The Morgan fingerprint density at radius 1 is 1.50 bits per heavy atom. The predicted molar refractivity (Wildman–Crippen MR) is 38.8 cm³/mol. The van der Waals surface area contributed by atoms with Crippen molar-refractivity contribution in [1.29, 1.82) is 0 Å². The molecule has 0 N–H and O–H groups in total. The van der Waals surface area contributed by atoms with E-state index in [4.69, 9.17) is 0 Å². The van der Waals surface area contributed by atoms with Gasteiger partial charge in [-0.2, -0.15) is 0 Å². The third kappa shape index (κ3) is 1.97. The van der Waals surface area contributed by atoms with Crippen molar-refractivity contribution in [2.24, 2.45) is 5.92 Å². The van der Waals surface area contributed by atoms with Crippen LogP contribution in [-0.2, 0) is 0 Å². The summed E-state index contributed by atoms with van der Waals surface area (Å²) >= 11 is 0. The van der Waals surface area contributed by atoms with Gasteiger partial charge in [-0.05, 0) is 12.8 Å². The standard InChI is InChI=1S/C8H14/c1-5-8(6-2)7(3)4/h5-7H,1H2,2-4H3/b8-6+. The first-order valence-electron chi connectivity index (χ1n) is 3.01. The third-order valence-electron chi connectivity index (χ3n) is 1.24. The van der Waals surface area contributed by atoms with Crippen LogP contribution < -0.4 is 0 Å². The maximum atomic E-state index is 3.68. The molecule has 0 atom stereocenters. The Kier molecular flexibility index (Phi) is 3.25. The molecule has 0 nitrogen and oxygen atoms in total. The van der Waals surface area contributed by atoms with Gasteiger partial charge in [0.05, 0.1) is 0 Å².